The van der Waals surface area contributed by atoms with Crippen LogP contribution in [0.2, 0.25) is 0 Å². The van der Waals surface area contributed by atoms with Crippen molar-refractivity contribution in [1.82, 2.24) is 5.32 Å². The summed E-state index contributed by atoms with van der Waals surface area (Å²) in [5.41, 5.74) is 0.720. The molecule has 0 spiro atoms. The van der Waals surface area contributed by atoms with E-state index in [1.807, 2.05) is 12.1 Å². The molecule has 0 aromatic heterocycles. The third-order valence-corrected chi connectivity index (χ3v) is 4.09. The lowest BCUT2D eigenvalue weighted by atomic mass is 9.80. The normalized spacial score (nSPS) is 22.5. The van der Waals surface area contributed by atoms with E-state index in [0.717, 1.165) is 43.7 Å². The molecule has 0 saturated carbocycles. The lowest BCUT2D eigenvalue weighted by molar-refractivity contribution is 0.218. The van der Waals surface area contributed by atoms with Crippen LogP contribution < -0.4 is 10.2 Å². The molecule has 0 amide bonds. The Balaban J connectivity index is 1.59. The summed E-state index contributed by atoms with van der Waals surface area (Å²) in [5.74, 6) is 1.39. The van der Waals surface area contributed by atoms with E-state index in [-0.39, 0.29) is 5.82 Å². The van der Waals surface area contributed by atoms with Crippen LogP contribution >= 0.6 is 0 Å². The van der Waals surface area contributed by atoms with Crippen molar-refractivity contribution in [2.75, 3.05) is 31.1 Å². The molecular formula is C14H18FN2. The van der Waals surface area contributed by atoms with Crippen LogP contribution in [0.1, 0.15) is 12.8 Å². The average molecular weight is 233 g/mol. The molecular weight excluding hydrogens is 215 g/mol. The molecule has 1 radical (unpaired) electrons. The second-order valence-corrected chi connectivity index (χ2v) is 5.12. The fraction of sp³-hybridized carbons (Fsp3) is 0.571. The van der Waals surface area contributed by atoms with Gasteiger partial charge in [0.05, 0.1) is 5.69 Å². The van der Waals surface area contributed by atoms with Crippen molar-refractivity contribution in [3.05, 3.63) is 30.1 Å². The van der Waals surface area contributed by atoms with Gasteiger partial charge in [-0.3, -0.25) is 0 Å². The maximum Gasteiger partial charge on any atom is 0.154 e. The Kier molecular flexibility index (Phi) is 3.02. The van der Waals surface area contributed by atoms with E-state index in [9.17, 15) is 4.39 Å². The molecule has 3 heteroatoms. The highest BCUT2D eigenvalue weighted by Crippen LogP contribution is 2.34. The van der Waals surface area contributed by atoms with E-state index in [0.29, 0.717) is 0 Å². The monoisotopic (exact) mass is 233 g/mol. The zero-order valence-electron chi connectivity index (χ0n) is 9.95. The Morgan fingerprint density at radius 1 is 1.24 bits per heavy atom. The van der Waals surface area contributed by atoms with Crippen molar-refractivity contribution in [3.63, 3.8) is 0 Å². The SMILES string of the molecule is Fc1[c]cccc1N1CC(C2CCNCC2)C1. The number of piperidine rings is 1. The summed E-state index contributed by atoms with van der Waals surface area (Å²) >= 11 is 0. The maximum atomic E-state index is 13.5. The first-order valence-corrected chi connectivity index (χ1v) is 6.46. The van der Waals surface area contributed by atoms with E-state index in [1.165, 1.54) is 12.8 Å². The summed E-state index contributed by atoms with van der Waals surface area (Å²) in [6, 6.07) is 7.96. The Morgan fingerprint density at radius 2 is 2.00 bits per heavy atom. The Labute approximate surface area is 102 Å². The van der Waals surface area contributed by atoms with Crippen LogP contribution in [0, 0.1) is 23.7 Å². The number of nitrogens with one attached hydrogen (secondary N) is 1. The van der Waals surface area contributed by atoms with Gasteiger partial charge in [0.15, 0.2) is 5.82 Å². The molecule has 0 aliphatic carbocycles. The molecule has 0 atom stereocenters. The van der Waals surface area contributed by atoms with E-state index in [1.54, 1.807) is 6.07 Å². The van der Waals surface area contributed by atoms with Crippen molar-refractivity contribution < 1.29 is 4.39 Å². The molecule has 2 aliphatic heterocycles. The van der Waals surface area contributed by atoms with Crippen LogP contribution in [-0.4, -0.2) is 26.2 Å². The summed E-state index contributed by atoms with van der Waals surface area (Å²) in [5, 5.41) is 3.39. The highest BCUT2D eigenvalue weighted by atomic mass is 19.1. The van der Waals surface area contributed by atoms with Crippen molar-refractivity contribution in [3.8, 4) is 0 Å². The van der Waals surface area contributed by atoms with Gasteiger partial charge >= 0.3 is 0 Å². The van der Waals surface area contributed by atoms with Gasteiger partial charge in [-0.1, -0.05) is 12.1 Å². The molecule has 1 N–H and O–H groups in total. The van der Waals surface area contributed by atoms with E-state index < -0.39 is 0 Å². The Hall–Kier alpha value is -1.09. The Morgan fingerprint density at radius 3 is 2.71 bits per heavy atom. The summed E-state index contributed by atoms with van der Waals surface area (Å²) in [4.78, 5) is 2.14. The van der Waals surface area contributed by atoms with Crippen LogP contribution in [0.4, 0.5) is 10.1 Å². The van der Waals surface area contributed by atoms with Crippen LogP contribution in [0.25, 0.3) is 0 Å². The van der Waals surface area contributed by atoms with Gasteiger partial charge in [-0.25, -0.2) is 4.39 Å². The standard InChI is InChI=1S/C14H18FN2/c15-13-3-1-2-4-14(13)17-9-12(10-17)11-5-7-16-8-6-11/h1-2,4,11-12,16H,5-10H2. The fourth-order valence-corrected chi connectivity index (χ4v) is 2.98. The molecule has 0 unspecified atom stereocenters. The van der Waals surface area contributed by atoms with Gasteiger partial charge in [0.1, 0.15) is 0 Å². The Bertz CT molecular complexity index is 382. The van der Waals surface area contributed by atoms with Crippen LogP contribution in [0.15, 0.2) is 18.2 Å². The molecule has 2 heterocycles. The lowest BCUT2D eigenvalue weighted by Crippen LogP contribution is -2.52. The summed E-state index contributed by atoms with van der Waals surface area (Å²) < 4.78 is 13.5. The second-order valence-electron chi connectivity index (χ2n) is 5.12. The minimum absolute atomic E-state index is 0.212. The van der Waals surface area contributed by atoms with Gasteiger partial charge in [-0.05, 0) is 43.8 Å². The zero-order chi connectivity index (χ0) is 11.7. The van der Waals surface area contributed by atoms with E-state index >= 15 is 0 Å². The average Bonchev–Trinajstić information content (AvgIpc) is 2.31. The third-order valence-electron chi connectivity index (χ3n) is 4.09. The van der Waals surface area contributed by atoms with Gasteiger partial charge in [0.25, 0.3) is 0 Å². The molecule has 1 aromatic carbocycles. The summed E-state index contributed by atoms with van der Waals surface area (Å²) in [7, 11) is 0. The first-order chi connectivity index (χ1) is 8.34. The molecule has 2 aliphatic rings. The molecule has 1 aromatic rings. The fourth-order valence-electron chi connectivity index (χ4n) is 2.98. The maximum absolute atomic E-state index is 13.5. The molecule has 3 rings (SSSR count). The quantitative estimate of drug-likeness (QED) is 0.841. The van der Waals surface area contributed by atoms with E-state index in [2.05, 4.69) is 16.3 Å². The van der Waals surface area contributed by atoms with Crippen LogP contribution in [0.5, 0.6) is 0 Å². The van der Waals surface area contributed by atoms with Gasteiger partial charge in [-0.15, -0.1) is 0 Å². The predicted molar refractivity (Wildman–Crippen MR) is 66.5 cm³/mol. The predicted octanol–water partition coefficient (Wildman–Crippen LogP) is 2.06. The highest BCUT2D eigenvalue weighted by Gasteiger charge is 2.34. The van der Waals surface area contributed by atoms with Gasteiger partial charge < -0.3 is 10.2 Å². The van der Waals surface area contributed by atoms with Gasteiger partial charge in [-0.2, -0.15) is 0 Å². The minimum Gasteiger partial charge on any atom is -0.368 e. The molecule has 17 heavy (non-hydrogen) atoms. The summed E-state index contributed by atoms with van der Waals surface area (Å²) in [6.45, 7) is 4.32. The first-order valence-electron chi connectivity index (χ1n) is 6.46. The molecule has 0 bridgehead atoms. The molecule has 91 valence electrons. The number of hydrogen-bond acceptors (Lipinski definition) is 2. The molecule has 2 nitrogen and oxygen atoms in total. The lowest BCUT2D eigenvalue weighted by Gasteiger charge is -2.46. The smallest absolute Gasteiger partial charge is 0.154 e. The van der Waals surface area contributed by atoms with Gasteiger partial charge in [0.2, 0.25) is 0 Å². The number of hydrogen-bond donors (Lipinski definition) is 1. The third kappa shape index (κ3) is 2.16. The van der Waals surface area contributed by atoms with Crippen LogP contribution in [0.3, 0.4) is 0 Å². The first kappa shape index (κ1) is 11.0. The number of rotatable bonds is 2. The molecule has 2 fully saturated rings. The van der Waals surface area contributed by atoms with Crippen molar-refractivity contribution in [2.24, 2.45) is 11.8 Å². The van der Waals surface area contributed by atoms with E-state index in [4.69, 9.17) is 0 Å². The topological polar surface area (TPSA) is 15.3 Å². The minimum atomic E-state index is -0.212. The molecule has 2 saturated heterocycles. The largest absolute Gasteiger partial charge is 0.368 e. The van der Waals surface area contributed by atoms with Crippen molar-refractivity contribution >= 4 is 5.69 Å². The zero-order valence-corrected chi connectivity index (χ0v) is 9.95. The number of nitrogens with zero attached hydrogens (tertiary/aromatic N) is 1. The van der Waals surface area contributed by atoms with Crippen molar-refractivity contribution in [1.29, 1.82) is 0 Å². The number of anilines is 1. The van der Waals surface area contributed by atoms with Gasteiger partial charge in [0, 0.05) is 19.2 Å². The van der Waals surface area contributed by atoms with Crippen molar-refractivity contribution in [2.45, 2.75) is 12.8 Å². The number of benzene rings is 1. The number of halogens is 1. The highest BCUT2D eigenvalue weighted by molar-refractivity contribution is 5.49. The second kappa shape index (κ2) is 4.65. The summed E-state index contributed by atoms with van der Waals surface area (Å²) in [6.07, 6.45) is 2.56. The van der Waals surface area contributed by atoms with Crippen LogP contribution in [-0.2, 0) is 0 Å².